The molecule has 156 valence electrons. The molecule has 0 radical (unpaired) electrons. The molecule has 0 aliphatic rings. The van der Waals surface area contributed by atoms with Gasteiger partial charge in [0.15, 0.2) is 0 Å². The summed E-state index contributed by atoms with van der Waals surface area (Å²) >= 11 is 0. The summed E-state index contributed by atoms with van der Waals surface area (Å²) in [4.78, 5) is 27.6. The van der Waals surface area contributed by atoms with Gasteiger partial charge in [0.25, 0.3) is 0 Å². The summed E-state index contributed by atoms with van der Waals surface area (Å²) in [7, 11) is 0. The van der Waals surface area contributed by atoms with Crippen LogP contribution >= 0.6 is 0 Å². The van der Waals surface area contributed by atoms with Gasteiger partial charge in [0.05, 0.1) is 6.42 Å². The molecule has 0 aliphatic heterocycles. The summed E-state index contributed by atoms with van der Waals surface area (Å²) in [5.74, 6) is -0.796. The van der Waals surface area contributed by atoms with Gasteiger partial charge in [0.2, 0.25) is 11.8 Å². The molecule has 0 saturated carbocycles. The van der Waals surface area contributed by atoms with Gasteiger partial charge in [-0.15, -0.1) is 0 Å². The van der Waals surface area contributed by atoms with Gasteiger partial charge in [-0.3, -0.25) is 9.59 Å². The predicted octanol–water partition coefficient (Wildman–Crippen LogP) is 4.13. The zero-order valence-electron chi connectivity index (χ0n) is 17.5. The van der Waals surface area contributed by atoms with Crippen LogP contribution in [-0.2, 0) is 22.4 Å². The van der Waals surface area contributed by atoms with Crippen molar-refractivity contribution in [2.75, 3.05) is 6.54 Å². The van der Waals surface area contributed by atoms with Gasteiger partial charge in [-0.25, -0.2) is 4.39 Å². The Morgan fingerprint density at radius 2 is 1.66 bits per heavy atom. The molecule has 1 N–H and O–H groups in total. The summed E-state index contributed by atoms with van der Waals surface area (Å²) in [6.07, 6.45) is 1.89. The number of nitrogens with zero attached hydrogens (tertiary/aromatic N) is 1. The summed E-state index contributed by atoms with van der Waals surface area (Å²) < 4.78 is 14.1. The lowest BCUT2D eigenvalue weighted by Gasteiger charge is -2.31. The number of amides is 2. The molecule has 2 aromatic carbocycles. The maximum absolute atomic E-state index is 14.1. The lowest BCUT2D eigenvalue weighted by atomic mass is 10.1. The lowest BCUT2D eigenvalue weighted by Crippen LogP contribution is -2.52. The zero-order valence-corrected chi connectivity index (χ0v) is 17.5. The Balaban J connectivity index is 2.21. The topological polar surface area (TPSA) is 49.4 Å². The second kappa shape index (κ2) is 11.3. The van der Waals surface area contributed by atoms with E-state index in [-0.39, 0.29) is 24.3 Å². The molecule has 0 fully saturated rings. The van der Waals surface area contributed by atoms with Crippen LogP contribution in [0.15, 0.2) is 54.6 Å². The highest BCUT2D eigenvalue weighted by Gasteiger charge is 2.29. The third-order valence-corrected chi connectivity index (χ3v) is 5.17. The molecular formula is C24H31FN2O2. The molecule has 2 rings (SSSR count). The van der Waals surface area contributed by atoms with Crippen molar-refractivity contribution in [2.45, 2.75) is 58.5 Å². The molecule has 4 nitrogen and oxygen atoms in total. The van der Waals surface area contributed by atoms with Crippen molar-refractivity contribution in [3.8, 4) is 0 Å². The molecule has 0 saturated heterocycles. The van der Waals surface area contributed by atoms with Gasteiger partial charge in [0.1, 0.15) is 11.9 Å². The Labute approximate surface area is 173 Å². The van der Waals surface area contributed by atoms with Crippen LogP contribution in [0.3, 0.4) is 0 Å². The molecule has 0 heterocycles. The van der Waals surface area contributed by atoms with Crippen LogP contribution in [0.4, 0.5) is 4.39 Å². The SMILES string of the molecule is CCC(C)NC(=O)C(CC)N(CCc1ccccc1)C(=O)Cc1ccccc1F. The van der Waals surface area contributed by atoms with Gasteiger partial charge < -0.3 is 10.2 Å². The molecule has 0 spiro atoms. The molecule has 0 aliphatic carbocycles. The molecule has 5 heteroatoms. The number of carbonyl (C=O) groups excluding carboxylic acids is 2. The Hall–Kier alpha value is -2.69. The number of hydrogen-bond acceptors (Lipinski definition) is 2. The van der Waals surface area contributed by atoms with E-state index >= 15 is 0 Å². The van der Waals surface area contributed by atoms with E-state index in [4.69, 9.17) is 0 Å². The number of rotatable bonds is 10. The zero-order chi connectivity index (χ0) is 21.2. The van der Waals surface area contributed by atoms with Crippen LogP contribution in [0, 0.1) is 5.82 Å². The quantitative estimate of drug-likeness (QED) is 0.654. The van der Waals surface area contributed by atoms with Crippen molar-refractivity contribution in [1.82, 2.24) is 10.2 Å². The van der Waals surface area contributed by atoms with E-state index in [9.17, 15) is 14.0 Å². The molecule has 2 unspecified atom stereocenters. The maximum atomic E-state index is 14.1. The highest BCUT2D eigenvalue weighted by Crippen LogP contribution is 2.14. The Morgan fingerprint density at radius 3 is 2.28 bits per heavy atom. The van der Waals surface area contributed by atoms with Crippen LogP contribution in [-0.4, -0.2) is 35.3 Å². The van der Waals surface area contributed by atoms with Gasteiger partial charge >= 0.3 is 0 Å². The van der Waals surface area contributed by atoms with Gasteiger partial charge in [-0.2, -0.15) is 0 Å². The van der Waals surface area contributed by atoms with Crippen molar-refractivity contribution in [3.63, 3.8) is 0 Å². The van der Waals surface area contributed by atoms with Gasteiger partial charge in [-0.05, 0) is 43.4 Å². The smallest absolute Gasteiger partial charge is 0.243 e. The van der Waals surface area contributed by atoms with Gasteiger partial charge in [0, 0.05) is 12.6 Å². The fourth-order valence-electron chi connectivity index (χ4n) is 3.24. The Morgan fingerprint density at radius 1 is 1.00 bits per heavy atom. The monoisotopic (exact) mass is 398 g/mol. The average molecular weight is 399 g/mol. The first-order valence-corrected chi connectivity index (χ1v) is 10.3. The first-order valence-electron chi connectivity index (χ1n) is 10.3. The largest absolute Gasteiger partial charge is 0.352 e. The Bertz CT molecular complexity index is 794. The molecule has 29 heavy (non-hydrogen) atoms. The van der Waals surface area contributed by atoms with E-state index in [1.807, 2.05) is 51.1 Å². The van der Waals surface area contributed by atoms with Crippen molar-refractivity contribution in [2.24, 2.45) is 0 Å². The van der Waals surface area contributed by atoms with Crippen LogP contribution in [0.2, 0.25) is 0 Å². The predicted molar refractivity (Wildman–Crippen MR) is 114 cm³/mol. The first-order chi connectivity index (χ1) is 14.0. The number of benzene rings is 2. The lowest BCUT2D eigenvalue weighted by molar-refractivity contribution is -0.140. The average Bonchev–Trinajstić information content (AvgIpc) is 2.73. The Kier molecular flexibility index (Phi) is 8.84. The molecular weight excluding hydrogens is 367 g/mol. The number of halogens is 1. The molecule has 2 atom stereocenters. The van der Waals surface area contributed by atoms with E-state index in [0.29, 0.717) is 24.9 Å². The molecule has 0 aromatic heterocycles. The fourth-order valence-corrected chi connectivity index (χ4v) is 3.24. The third-order valence-electron chi connectivity index (χ3n) is 5.17. The van der Waals surface area contributed by atoms with E-state index in [1.165, 1.54) is 6.07 Å². The number of carbonyl (C=O) groups is 2. The normalized spacial score (nSPS) is 12.8. The van der Waals surface area contributed by atoms with E-state index in [2.05, 4.69) is 5.32 Å². The van der Waals surface area contributed by atoms with Crippen molar-refractivity contribution >= 4 is 11.8 Å². The summed E-state index contributed by atoms with van der Waals surface area (Å²) in [5.41, 5.74) is 1.44. The summed E-state index contributed by atoms with van der Waals surface area (Å²) in [6, 6.07) is 15.6. The minimum Gasteiger partial charge on any atom is -0.352 e. The standard InChI is InChI=1S/C24H31FN2O2/c1-4-18(3)26-24(29)22(5-2)27(16-15-19-11-7-6-8-12-19)23(28)17-20-13-9-10-14-21(20)25/h6-14,18,22H,4-5,15-17H2,1-3H3,(H,26,29). The van der Waals surface area contributed by atoms with E-state index in [1.54, 1.807) is 23.1 Å². The van der Waals surface area contributed by atoms with Gasteiger partial charge in [-0.1, -0.05) is 62.4 Å². The number of hydrogen-bond donors (Lipinski definition) is 1. The highest BCUT2D eigenvalue weighted by molar-refractivity contribution is 5.88. The van der Waals surface area contributed by atoms with Crippen LogP contribution in [0.25, 0.3) is 0 Å². The second-order valence-corrected chi connectivity index (χ2v) is 7.33. The summed E-state index contributed by atoms with van der Waals surface area (Å²) in [6.45, 7) is 6.25. The van der Waals surface area contributed by atoms with Crippen molar-refractivity contribution in [1.29, 1.82) is 0 Å². The molecule has 2 amide bonds. The van der Waals surface area contributed by atoms with Crippen molar-refractivity contribution < 1.29 is 14.0 Å². The van der Waals surface area contributed by atoms with Crippen LogP contribution in [0.1, 0.15) is 44.7 Å². The minimum atomic E-state index is -0.577. The fraction of sp³-hybridized carbons (Fsp3) is 0.417. The highest BCUT2D eigenvalue weighted by atomic mass is 19.1. The van der Waals surface area contributed by atoms with E-state index < -0.39 is 11.9 Å². The molecule has 2 aromatic rings. The van der Waals surface area contributed by atoms with Crippen LogP contribution in [0.5, 0.6) is 0 Å². The second-order valence-electron chi connectivity index (χ2n) is 7.33. The van der Waals surface area contributed by atoms with Crippen molar-refractivity contribution in [3.05, 3.63) is 71.5 Å². The minimum absolute atomic E-state index is 0.0363. The van der Waals surface area contributed by atoms with E-state index in [0.717, 1.165) is 12.0 Å². The summed E-state index contributed by atoms with van der Waals surface area (Å²) in [5, 5.41) is 2.98. The number of nitrogens with one attached hydrogen (secondary N) is 1. The van der Waals surface area contributed by atoms with Crippen LogP contribution < -0.4 is 5.32 Å². The molecule has 0 bridgehead atoms. The third kappa shape index (κ3) is 6.70. The first kappa shape index (κ1) is 22.6. The maximum Gasteiger partial charge on any atom is 0.243 e.